The molecule has 0 radical (unpaired) electrons. The van der Waals surface area contributed by atoms with Crippen molar-refractivity contribution >= 4 is 5.78 Å². The fourth-order valence-electron chi connectivity index (χ4n) is 1.45. The molecular formula is C13H17FO4. The Labute approximate surface area is 106 Å². The molecule has 0 fully saturated rings. The minimum atomic E-state index is -0.474. The second kappa shape index (κ2) is 7.79. The molecule has 0 saturated heterocycles. The normalized spacial score (nSPS) is 10.4. The summed E-state index contributed by atoms with van der Waals surface area (Å²) >= 11 is 0. The van der Waals surface area contributed by atoms with Crippen LogP contribution in [0.1, 0.15) is 16.8 Å². The highest BCUT2D eigenvalue weighted by Crippen LogP contribution is 2.19. The van der Waals surface area contributed by atoms with Gasteiger partial charge in [-0.3, -0.25) is 4.79 Å². The van der Waals surface area contributed by atoms with Gasteiger partial charge in [0.05, 0.1) is 12.7 Å². The zero-order valence-corrected chi connectivity index (χ0v) is 10.6. The van der Waals surface area contributed by atoms with E-state index >= 15 is 0 Å². The highest BCUT2D eigenvalue weighted by molar-refractivity contribution is 5.99. The van der Waals surface area contributed by atoms with E-state index in [-0.39, 0.29) is 18.0 Å². The number of halogens is 1. The van der Waals surface area contributed by atoms with E-state index in [1.165, 1.54) is 19.2 Å². The third-order valence-electron chi connectivity index (χ3n) is 2.33. The molecule has 0 aromatic heterocycles. The van der Waals surface area contributed by atoms with Crippen LogP contribution in [-0.2, 0) is 9.47 Å². The third-order valence-corrected chi connectivity index (χ3v) is 2.33. The average molecular weight is 256 g/mol. The average Bonchev–Trinajstić information content (AvgIpc) is 2.38. The smallest absolute Gasteiger partial charge is 0.192 e. The summed E-state index contributed by atoms with van der Waals surface area (Å²) in [6, 6.07) is 3.82. The largest absolute Gasteiger partial charge is 0.496 e. The molecule has 1 aromatic rings. The van der Waals surface area contributed by atoms with Crippen LogP contribution in [0, 0.1) is 5.82 Å². The van der Waals surface area contributed by atoms with E-state index in [0.29, 0.717) is 25.4 Å². The summed E-state index contributed by atoms with van der Waals surface area (Å²) < 4.78 is 28.1. The highest BCUT2D eigenvalue weighted by Gasteiger charge is 2.13. The molecule has 4 nitrogen and oxygen atoms in total. The van der Waals surface area contributed by atoms with E-state index < -0.39 is 5.82 Å². The Morgan fingerprint density at radius 3 is 2.72 bits per heavy atom. The number of Topliss-reactive ketones (excluding diaryl/α,β-unsaturated/α-hetero) is 1. The third kappa shape index (κ3) is 4.43. The van der Waals surface area contributed by atoms with Crippen LogP contribution < -0.4 is 4.74 Å². The fourth-order valence-corrected chi connectivity index (χ4v) is 1.45. The first-order valence-corrected chi connectivity index (χ1v) is 5.62. The van der Waals surface area contributed by atoms with Gasteiger partial charge in [-0.15, -0.1) is 0 Å². The van der Waals surface area contributed by atoms with Gasteiger partial charge >= 0.3 is 0 Å². The molecule has 0 spiro atoms. The van der Waals surface area contributed by atoms with E-state index in [9.17, 15) is 9.18 Å². The maximum atomic E-state index is 13.1. The Hall–Kier alpha value is -1.46. The van der Waals surface area contributed by atoms with Crippen molar-refractivity contribution in [2.75, 3.05) is 34.0 Å². The molecule has 100 valence electrons. The first-order chi connectivity index (χ1) is 8.69. The maximum Gasteiger partial charge on any atom is 0.192 e. The lowest BCUT2D eigenvalue weighted by atomic mass is 10.1. The van der Waals surface area contributed by atoms with E-state index in [2.05, 4.69) is 0 Å². The molecule has 0 unspecified atom stereocenters. The quantitative estimate of drug-likeness (QED) is 0.527. The van der Waals surface area contributed by atoms with Gasteiger partial charge < -0.3 is 14.2 Å². The number of rotatable bonds is 8. The van der Waals surface area contributed by atoms with Crippen LogP contribution in [0.2, 0.25) is 0 Å². The van der Waals surface area contributed by atoms with Crippen LogP contribution in [-0.4, -0.2) is 39.8 Å². The van der Waals surface area contributed by atoms with Gasteiger partial charge in [0.25, 0.3) is 0 Å². The molecule has 0 amide bonds. The molecule has 5 heteroatoms. The molecular weight excluding hydrogens is 239 g/mol. The first kappa shape index (κ1) is 14.6. The minimum absolute atomic E-state index is 0.0937. The SMILES string of the molecule is COCCCOCC(=O)c1cc(F)ccc1OC. The summed E-state index contributed by atoms with van der Waals surface area (Å²) in [5.74, 6) is -0.427. The van der Waals surface area contributed by atoms with Gasteiger partial charge in [0.2, 0.25) is 0 Å². The highest BCUT2D eigenvalue weighted by atomic mass is 19.1. The number of hydrogen-bond donors (Lipinski definition) is 0. The summed E-state index contributed by atoms with van der Waals surface area (Å²) in [5.41, 5.74) is 0.198. The van der Waals surface area contributed by atoms with Gasteiger partial charge in [-0.1, -0.05) is 0 Å². The van der Waals surface area contributed by atoms with E-state index in [1.54, 1.807) is 7.11 Å². The van der Waals surface area contributed by atoms with Crippen molar-refractivity contribution in [1.29, 1.82) is 0 Å². The minimum Gasteiger partial charge on any atom is -0.496 e. The van der Waals surface area contributed by atoms with Crippen LogP contribution in [0.15, 0.2) is 18.2 Å². The monoisotopic (exact) mass is 256 g/mol. The van der Waals surface area contributed by atoms with Crippen molar-refractivity contribution in [2.45, 2.75) is 6.42 Å². The summed E-state index contributed by atoms with van der Waals surface area (Å²) in [6.45, 7) is 0.915. The first-order valence-electron chi connectivity index (χ1n) is 5.62. The lowest BCUT2D eigenvalue weighted by molar-refractivity contribution is 0.0702. The number of ether oxygens (including phenoxy) is 3. The number of benzene rings is 1. The van der Waals surface area contributed by atoms with Gasteiger partial charge in [0.15, 0.2) is 5.78 Å². The van der Waals surface area contributed by atoms with Gasteiger partial charge in [0.1, 0.15) is 18.2 Å². The second-order valence-corrected chi connectivity index (χ2v) is 3.67. The summed E-state index contributed by atoms with van der Waals surface area (Å²) in [5, 5.41) is 0. The molecule has 0 bridgehead atoms. The zero-order chi connectivity index (χ0) is 13.4. The van der Waals surface area contributed by atoms with Crippen molar-refractivity contribution in [3.63, 3.8) is 0 Å². The topological polar surface area (TPSA) is 44.8 Å². The molecule has 0 saturated carbocycles. The van der Waals surface area contributed by atoms with Crippen LogP contribution >= 0.6 is 0 Å². The van der Waals surface area contributed by atoms with E-state index in [1.807, 2.05) is 0 Å². The second-order valence-electron chi connectivity index (χ2n) is 3.67. The van der Waals surface area contributed by atoms with Gasteiger partial charge in [-0.25, -0.2) is 4.39 Å². The molecule has 1 aromatic carbocycles. The Balaban J connectivity index is 2.52. The van der Waals surface area contributed by atoms with Gasteiger partial charge in [0, 0.05) is 20.3 Å². The molecule has 0 heterocycles. The summed E-state index contributed by atoms with van der Waals surface area (Å²) in [7, 11) is 3.03. The van der Waals surface area contributed by atoms with Gasteiger partial charge in [-0.05, 0) is 24.6 Å². The lowest BCUT2D eigenvalue weighted by Gasteiger charge is -2.08. The van der Waals surface area contributed by atoms with Crippen molar-refractivity contribution in [2.24, 2.45) is 0 Å². The number of carbonyl (C=O) groups excluding carboxylic acids is 1. The molecule has 0 aliphatic carbocycles. The Morgan fingerprint density at radius 1 is 1.28 bits per heavy atom. The van der Waals surface area contributed by atoms with Crippen LogP contribution in [0.3, 0.4) is 0 Å². The predicted molar refractivity (Wildman–Crippen MR) is 64.6 cm³/mol. The van der Waals surface area contributed by atoms with Crippen molar-refractivity contribution in [1.82, 2.24) is 0 Å². The Bertz CT molecular complexity index is 393. The summed E-state index contributed by atoms with van der Waals surface area (Å²) in [6.07, 6.45) is 0.712. The Kier molecular flexibility index (Phi) is 6.32. The van der Waals surface area contributed by atoms with Crippen molar-refractivity contribution < 1.29 is 23.4 Å². The van der Waals surface area contributed by atoms with Gasteiger partial charge in [-0.2, -0.15) is 0 Å². The maximum absolute atomic E-state index is 13.1. The van der Waals surface area contributed by atoms with E-state index in [0.717, 1.165) is 6.07 Å². The van der Waals surface area contributed by atoms with Crippen LogP contribution in [0.5, 0.6) is 5.75 Å². The molecule has 18 heavy (non-hydrogen) atoms. The number of ketones is 1. The lowest BCUT2D eigenvalue weighted by Crippen LogP contribution is -2.12. The number of carbonyl (C=O) groups is 1. The van der Waals surface area contributed by atoms with Crippen molar-refractivity contribution in [3.8, 4) is 5.75 Å². The van der Waals surface area contributed by atoms with Crippen molar-refractivity contribution in [3.05, 3.63) is 29.6 Å². The molecule has 0 aliphatic heterocycles. The van der Waals surface area contributed by atoms with Crippen LogP contribution in [0.4, 0.5) is 4.39 Å². The van der Waals surface area contributed by atoms with Crippen LogP contribution in [0.25, 0.3) is 0 Å². The number of methoxy groups -OCH3 is 2. The number of hydrogen-bond acceptors (Lipinski definition) is 4. The predicted octanol–water partition coefficient (Wildman–Crippen LogP) is 2.07. The van der Waals surface area contributed by atoms with E-state index in [4.69, 9.17) is 14.2 Å². The standard InChI is InChI=1S/C13H17FO4/c1-16-6-3-7-18-9-12(15)11-8-10(14)4-5-13(11)17-2/h4-5,8H,3,6-7,9H2,1-2H3. The molecule has 1 rings (SSSR count). The Morgan fingerprint density at radius 2 is 2.06 bits per heavy atom. The zero-order valence-electron chi connectivity index (χ0n) is 10.6. The molecule has 0 atom stereocenters. The molecule has 0 N–H and O–H groups in total. The molecule has 0 aliphatic rings. The summed E-state index contributed by atoms with van der Waals surface area (Å²) in [4.78, 5) is 11.8. The fraction of sp³-hybridized carbons (Fsp3) is 0.462.